The summed E-state index contributed by atoms with van der Waals surface area (Å²) in [6.45, 7) is 24.2. The van der Waals surface area contributed by atoms with E-state index in [0.29, 0.717) is 64.7 Å². The first-order valence-corrected chi connectivity index (χ1v) is 24.1. The van der Waals surface area contributed by atoms with E-state index in [0.717, 1.165) is 84.3 Å². The van der Waals surface area contributed by atoms with Crippen molar-refractivity contribution in [2.45, 2.75) is 67.2 Å². The first-order valence-electron chi connectivity index (χ1n) is 23.7. The highest BCUT2D eigenvalue weighted by Gasteiger charge is 2.27. The monoisotopic (exact) mass is 991 g/mol. The fraction of sp³-hybridized carbons (Fsp3) is 0.451. The van der Waals surface area contributed by atoms with Gasteiger partial charge in [-0.3, -0.25) is 23.6 Å². The van der Waals surface area contributed by atoms with Gasteiger partial charge in [-0.05, 0) is 112 Å². The molecule has 12 nitrogen and oxygen atoms in total. The van der Waals surface area contributed by atoms with Crippen molar-refractivity contribution in [2.75, 3.05) is 95.1 Å². The lowest BCUT2D eigenvalue weighted by Crippen LogP contribution is -2.46. The van der Waals surface area contributed by atoms with Crippen LogP contribution in [0.5, 0.6) is 0 Å². The maximum atomic E-state index is 13.7. The van der Waals surface area contributed by atoms with Crippen LogP contribution in [0.1, 0.15) is 84.2 Å². The van der Waals surface area contributed by atoms with Gasteiger partial charge in [0, 0.05) is 135 Å². The highest BCUT2D eigenvalue weighted by atomic mass is 79.9. The number of anilines is 2. The molecule has 4 aliphatic rings. The Kier molecular flexibility index (Phi) is 19.4. The summed E-state index contributed by atoms with van der Waals surface area (Å²) in [6, 6.07) is 8.50. The molecule has 2 saturated heterocycles. The Balaban J connectivity index is 0.000000212. The minimum Gasteiger partial charge on any atom is -0.359 e. The van der Waals surface area contributed by atoms with Crippen molar-refractivity contribution in [3.63, 3.8) is 0 Å². The molecule has 8 rings (SSSR count). The molecule has 16 heteroatoms. The number of amides is 2. The molecule has 6 heterocycles. The van der Waals surface area contributed by atoms with E-state index >= 15 is 0 Å². The van der Waals surface area contributed by atoms with Gasteiger partial charge < -0.3 is 40.6 Å². The normalized spacial score (nSPS) is 17.3. The summed E-state index contributed by atoms with van der Waals surface area (Å²) in [4.78, 5) is 63.1. The molecule has 5 N–H and O–H groups in total. The Labute approximate surface area is 402 Å². The van der Waals surface area contributed by atoms with Crippen LogP contribution in [0.2, 0.25) is 0 Å². The fourth-order valence-electron chi connectivity index (χ4n) is 8.66. The van der Waals surface area contributed by atoms with Crippen LogP contribution in [0.3, 0.4) is 0 Å². The minimum absolute atomic E-state index is 0.160. The standard InChI is InChI=1S/C25H31FN4O2.C19H18BrFN2O2.C6H14N2.CH3F/c1-4-29-9-11-30(12-10-29)8-7-19(31)14-20-16(2)24(27-17(20)3)15-22-21-13-18(26)5-6-23(21)28-25(22)32;1-10-14(8-13(24)5-6-20)11(2)22-18(10)9-16-15-7-12(21)3-4-17(15)23-19(16)25;1-2-8-5-3-7-4-6-8;1-2/h5-6,13,15,27H,4,7-12,14H2,1-3H3,(H,28,32);3-4,7,9,22H,5-6,8H2,1-2H3,(H,23,25);7H,2-6H2,1H3;1H3/b22-15-;16-9-;;/i;;;1D. The molecule has 0 unspecified atom stereocenters. The summed E-state index contributed by atoms with van der Waals surface area (Å²) < 4.78 is 42.8. The first kappa shape index (κ1) is 51.3. The number of rotatable bonds is 13. The minimum atomic E-state index is -1.00. The molecule has 2 aromatic carbocycles. The number of aryl methyl sites for hydroxylation is 2. The van der Waals surface area contributed by atoms with E-state index in [9.17, 15) is 32.3 Å². The van der Waals surface area contributed by atoms with Crippen LogP contribution in [0.4, 0.5) is 24.5 Å². The van der Waals surface area contributed by atoms with Gasteiger partial charge in [0.15, 0.2) is 0 Å². The third kappa shape index (κ3) is 14.0. The van der Waals surface area contributed by atoms with Crippen molar-refractivity contribution in [3.05, 3.63) is 104 Å². The van der Waals surface area contributed by atoms with E-state index in [2.05, 4.69) is 70.4 Å². The van der Waals surface area contributed by atoms with Crippen molar-refractivity contribution in [1.29, 1.82) is 0 Å². The Bertz CT molecular complexity index is 2470. The van der Waals surface area contributed by atoms with Crippen molar-refractivity contribution in [1.82, 2.24) is 30.0 Å². The lowest BCUT2D eigenvalue weighted by molar-refractivity contribution is -0.119. The molecule has 0 bridgehead atoms. The van der Waals surface area contributed by atoms with Gasteiger partial charge in [-0.1, -0.05) is 29.8 Å². The van der Waals surface area contributed by atoms with Gasteiger partial charge in [0.25, 0.3) is 11.8 Å². The number of Topliss-reactive ketones (excluding diaryl/α,β-unsaturated/α-hetero) is 2. The molecule has 0 spiro atoms. The number of piperazine rings is 2. The highest BCUT2D eigenvalue weighted by molar-refractivity contribution is 9.09. The zero-order chi connectivity index (χ0) is 49.5. The van der Waals surface area contributed by atoms with E-state index in [-0.39, 0.29) is 35.0 Å². The van der Waals surface area contributed by atoms with Crippen LogP contribution in [-0.2, 0) is 32.0 Å². The number of ketones is 2. The third-order valence-electron chi connectivity index (χ3n) is 12.8. The van der Waals surface area contributed by atoms with E-state index in [4.69, 9.17) is 1.37 Å². The number of hydrogen-bond acceptors (Lipinski definition) is 8. The number of alkyl halides is 2. The molecule has 0 aliphatic carbocycles. The topological polar surface area (TPSA) is 146 Å². The number of fused-ring (bicyclic) bond motifs is 2. The van der Waals surface area contributed by atoms with Gasteiger partial charge >= 0.3 is 0 Å². The number of hydrogen-bond donors (Lipinski definition) is 5. The predicted octanol–water partition coefficient (Wildman–Crippen LogP) is 8.06. The molecule has 67 heavy (non-hydrogen) atoms. The van der Waals surface area contributed by atoms with Gasteiger partial charge in [0.2, 0.25) is 0 Å². The summed E-state index contributed by atoms with van der Waals surface area (Å²) in [7, 11) is -1.00. The summed E-state index contributed by atoms with van der Waals surface area (Å²) in [5.74, 6) is -0.901. The summed E-state index contributed by atoms with van der Waals surface area (Å²) in [5.41, 5.74) is 10.4. The van der Waals surface area contributed by atoms with E-state index in [1.54, 1.807) is 24.3 Å². The number of H-pyrrole nitrogens is 2. The van der Waals surface area contributed by atoms with Crippen LogP contribution in [-0.4, -0.2) is 133 Å². The van der Waals surface area contributed by atoms with Gasteiger partial charge in [-0.2, -0.15) is 0 Å². The number of likely N-dealkylation sites (N-methyl/N-ethyl adjacent to an activating group) is 2. The van der Waals surface area contributed by atoms with E-state index in [1.807, 2.05) is 27.7 Å². The van der Waals surface area contributed by atoms with Crippen LogP contribution in [0.25, 0.3) is 23.3 Å². The number of aromatic nitrogens is 2. The number of nitrogens with zero attached hydrogens (tertiary/aromatic N) is 3. The van der Waals surface area contributed by atoms with E-state index < -0.39 is 7.15 Å². The van der Waals surface area contributed by atoms with Gasteiger partial charge in [-0.25, -0.2) is 8.78 Å². The molecule has 2 amide bonds. The quantitative estimate of drug-likeness (QED) is 0.0669. The first-order chi connectivity index (χ1) is 32.6. The van der Waals surface area contributed by atoms with Crippen LogP contribution in [0, 0.1) is 39.3 Å². The van der Waals surface area contributed by atoms with Crippen molar-refractivity contribution >= 4 is 74.0 Å². The second-order valence-electron chi connectivity index (χ2n) is 17.0. The average Bonchev–Trinajstić information content (AvgIpc) is 3.99. The smallest absolute Gasteiger partial charge is 0.256 e. The lowest BCUT2D eigenvalue weighted by Gasteiger charge is -2.33. The van der Waals surface area contributed by atoms with Gasteiger partial charge in [-0.15, -0.1) is 0 Å². The molecular formula is C51H66BrF3N8O4. The number of benzene rings is 2. The SMILES string of the molecule is CCN1CCN(CCC(=O)Cc2c(C)[nH]c(/C=C3\C(=O)Nc4ccc(F)cc43)c2C)CC1.CCN1CCNCC1.Cc1[nH]c(/C=C2\C(=O)Nc3ccc(F)cc32)c(C)c1CC(=O)CCBr.[2H]CF. The molecular weight excluding hydrogens is 926 g/mol. The largest absolute Gasteiger partial charge is 0.359 e. The molecule has 2 aromatic heterocycles. The van der Waals surface area contributed by atoms with E-state index in [1.165, 1.54) is 57.0 Å². The molecule has 0 radical (unpaired) electrons. The highest BCUT2D eigenvalue weighted by Crippen LogP contribution is 2.36. The molecule has 4 aromatic rings. The molecule has 4 aliphatic heterocycles. The Morgan fingerprint density at radius 2 is 1.10 bits per heavy atom. The fourth-order valence-corrected chi connectivity index (χ4v) is 9.10. The summed E-state index contributed by atoms with van der Waals surface area (Å²) in [6.07, 6.45) is 5.24. The van der Waals surface area contributed by atoms with Gasteiger partial charge in [0.1, 0.15) is 23.2 Å². The maximum absolute atomic E-state index is 13.7. The Morgan fingerprint density at radius 3 is 1.52 bits per heavy atom. The summed E-state index contributed by atoms with van der Waals surface area (Å²) in [5, 5.41) is 9.46. The average molecular weight is 993 g/mol. The zero-order valence-corrected chi connectivity index (χ0v) is 41.2. The number of nitrogens with one attached hydrogen (secondary N) is 5. The van der Waals surface area contributed by atoms with Crippen molar-refractivity contribution in [2.24, 2.45) is 0 Å². The van der Waals surface area contributed by atoms with Crippen LogP contribution < -0.4 is 16.0 Å². The van der Waals surface area contributed by atoms with Crippen LogP contribution >= 0.6 is 15.9 Å². The molecule has 0 atom stereocenters. The third-order valence-corrected chi connectivity index (χ3v) is 13.2. The molecule has 2 fully saturated rings. The lowest BCUT2D eigenvalue weighted by atomic mass is 10.0. The number of carbonyl (C=O) groups excluding carboxylic acids is 4. The number of carbonyl (C=O) groups is 4. The number of halogens is 4. The second-order valence-corrected chi connectivity index (χ2v) is 17.8. The second kappa shape index (κ2) is 25.3. The van der Waals surface area contributed by atoms with Gasteiger partial charge in [0.05, 0.1) is 19.7 Å². The molecule has 0 saturated carbocycles. The van der Waals surface area contributed by atoms with Crippen molar-refractivity contribution < 1.29 is 33.7 Å². The van der Waals surface area contributed by atoms with Crippen molar-refractivity contribution in [3.8, 4) is 0 Å². The Morgan fingerprint density at radius 1 is 0.687 bits per heavy atom. The maximum Gasteiger partial charge on any atom is 0.256 e. The number of aromatic amines is 2. The zero-order valence-electron chi connectivity index (χ0n) is 40.6. The predicted molar refractivity (Wildman–Crippen MR) is 267 cm³/mol. The molecule has 362 valence electrons. The summed E-state index contributed by atoms with van der Waals surface area (Å²) >= 11 is 3.28. The Hall–Kier alpha value is -5.13. The van der Waals surface area contributed by atoms with Crippen LogP contribution in [0.15, 0.2) is 36.4 Å².